The maximum absolute atomic E-state index is 11.4. The molecule has 0 radical (unpaired) electrons. The van der Waals surface area contributed by atoms with Gasteiger partial charge in [-0.25, -0.2) is 4.98 Å². The van der Waals surface area contributed by atoms with Gasteiger partial charge in [0.05, 0.1) is 10.7 Å². The Hall–Kier alpha value is -1.22. The standard InChI is InChI=1S/C28H47NOS/c1-19(14-15-20(2)22(4)16-27-17-31-26(8)29-27)12-11-13-21(3)23(5)24(6)25(7)28(9,10)18-30/h14,16-18,20-21,23-25H,11-13,15H2,1-10H3/b19-14-,22-16+/t20-,21-,23-,24+,25+/m0/s1. The molecule has 1 aromatic heterocycles. The minimum absolute atomic E-state index is 0.242. The normalized spacial score (nSPS) is 18.4. The molecule has 31 heavy (non-hydrogen) atoms. The second kappa shape index (κ2) is 12.7. The van der Waals surface area contributed by atoms with Crippen LogP contribution in [0.2, 0.25) is 0 Å². The molecule has 0 aliphatic rings. The highest BCUT2D eigenvalue weighted by Crippen LogP contribution is 2.38. The molecule has 5 atom stereocenters. The molecule has 0 bridgehead atoms. The van der Waals surface area contributed by atoms with Gasteiger partial charge in [0.1, 0.15) is 6.29 Å². The number of rotatable bonds is 13. The summed E-state index contributed by atoms with van der Waals surface area (Å²) in [6.07, 6.45) is 10.6. The number of hydrogen-bond donors (Lipinski definition) is 0. The molecule has 0 amide bonds. The Morgan fingerprint density at radius 3 is 2.32 bits per heavy atom. The van der Waals surface area contributed by atoms with E-state index in [1.807, 2.05) is 0 Å². The topological polar surface area (TPSA) is 30.0 Å². The van der Waals surface area contributed by atoms with Gasteiger partial charge >= 0.3 is 0 Å². The van der Waals surface area contributed by atoms with Crippen LogP contribution in [0.4, 0.5) is 0 Å². The monoisotopic (exact) mass is 445 g/mol. The molecule has 0 saturated carbocycles. The summed E-state index contributed by atoms with van der Waals surface area (Å²) in [6.45, 7) is 22.3. The number of aryl methyl sites for hydroxylation is 1. The fourth-order valence-corrected chi connectivity index (χ4v) is 4.78. The molecular formula is C28H47NOS. The van der Waals surface area contributed by atoms with Gasteiger partial charge in [0.25, 0.3) is 0 Å². The highest BCUT2D eigenvalue weighted by atomic mass is 32.1. The summed E-state index contributed by atoms with van der Waals surface area (Å²) in [5, 5.41) is 3.26. The average Bonchev–Trinajstić information content (AvgIpc) is 3.14. The summed E-state index contributed by atoms with van der Waals surface area (Å²) in [5.41, 5.74) is 3.76. The molecule has 0 fully saturated rings. The van der Waals surface area contributed by atoms with Gasteiger partial charge in [0, 0.05) is 10.8 Å². The summed E-state index contributed by atoms with van der Waals surface area (Å²) in [4.78, 5) is 16.0. The third-order valence-corrected chi connectivity index (χ3v) is 8.62. The maximum Gasteiger partial charge on any atom is 0.125 e. The van der Waals surface area contributed by atoms with Gasteiger partial charge in [0.2, 0.25) is 0 Å². The zero-order valence-electron chi connectivity index (χ0n) is 21.8. The maximum atomic E-state index is 11.4. The summed E-state index contributed by atoms with van der Waals surface area (Å²) < 4.78 is 0. The van der Waals surface area contributed by atoms with E-state index in [2.05, 4.69) is 91.8 Å². The van der Waals surface area contributed by atoms with Gasteiger partial charge in [0.15, 0.2) is 0 Å². The van der Waals surface area contributed by atoms with E-state index >= 15 is 0 Å². The minimum atomic E-state index is -0.242. The van der Waals surface area contributed by atoms with Crippen molar-refractivity contribution in [2.24, 2.45) is 35.0 Å². The predicted molar refractivity (Wildman–Crippen MR) is 138 cm³/mol. The van der Waals surface area contributed by atoms with Crippen LogP contribution in [0.3, 0.4) is 0 Å². The van der Waals surface area contributed by atoms with Crippen LogP contribution in [-0.2, 0) is 4.79 Å². The fourth-order valence-electron chi connectivity index (χ4n) is 4.21. The van der Waals surface area contributed by atoms with Gasteiger partial charge in [-0.15, -0.1) is 11.3 Å². The van der Waals surface area contributed by atoms with Crippen LogP contribution in [0.15, 0.2) is 22.6 Å². The predicted octanol–water partition coefficient (Wildman–Crippen LogP) is 8.77. The minimum Gasteiger partial charge on any atom is -0.303 e. The largest absolute Gasteiger partial charge is 0.303 e. The molecule has 0 aliphatic heterocycles. The van der Waals surface area contributed by atoms with Crippen LogP contribution in [0.5, 0.6) is 0 Å². The highest BCUT2D eigenvalue weighted by Gasteiger charge is 2.33. The second-order valence-corrected chi connectivity index (χ2v) is 11.7. The van der Waals surface area contributed by atoms with Crippen molar-refractivity contribution in [3.63, 3.8) is 0 Å². The zero-order chi connectivity index (χ0) is 23.8. The second-order valence-electron chi connectivity index (χ2n) is 10.7. The van der Waals surface area contributed by atoms with Crippen molar-refractivity contribution in [3.05, 3.63) is 33.3 Å². The molecule has 0 unspecified atom stereocenters. The Morgan fingerprint density at radius 2 is 1.77 bits per heavy atom. The van der Waals surface area contributed by atoms with Crippen molar-refractivity contribution < 1.29 is 4.79 Å². The Labute approximate surface area is 196 Å². The van der Waals surface area contributed by atoms with Crippen molar-refractivity contribution in [2.45, 2.75) is 94.9 Å². The van der Waals surface area contributed by atoms with Crippen molar-refractivity contribution >= 4 is 23.7 Å². The number of aromatic nitrogens is 1. The van der Waals surface area contributed by atoms with E-state index in [1.165, 1.54) is 30.4 Å². The molecule has 1 rings (SSSR count). The zero-order valence-corrected chi connectivity index (χ0v) is 22.6. The van der Waals surface area contributed by atoms with Crippen LogP contribution >= 0.6 is 11.3 Å². The summed E-state index contributed by atoms with van der Waals surface area (Å²) >= 11 is 1.71. The Kier molecular flexibility index (Phi) is 11.4. The van der Waals surface area contributed by atoms with E-state index in [4.69, 9.17) is 0 Å². The number of carbonyl (C=O) groups excluding carboxylic acids is 1. The molecule has 3 heteroatoms. The SMILES string of the molecule is C/C(=C/C[C@H](C)/C(C)=C/c1csc(C)n1)CCC[C@H](C)[C@H](C)[C@@H](C)[C@@H](C)C(C)(C)C=O. The molecular weight excluding hydrogens is 398 g/mol. The first kappa shape index (κ1) is 27.8. The van der Waals surface area contributed by atoms with Gasteiger partial charge < -0.3 is 4.79 Å². The molecule has 0 saturated heterocycles. The number of thiazole rings is 1. The summed E-state index contributed by atoms with van der Waals surface area (Å²) in [5.74, 6) is 2.79. The van der Waals surface area contributed by atoms with Crippen molar-refractivity contribution in [2.75, 3.05) is 0 Å². The number of nitrogens with zero attached hydrogens (tertiary/aromatic N) is 1. The number of aldehydes is 1. The molecule has 1 aromatic rings. The van der Waals surface area contributed by atoms with E-state index in [1.54, 1.807) is 11.3 Å². The fraction of sp³-hybridized carbons (Fsp3) is 0.714. The first-order valence-electron chi connectivity index (χ1n) is 12.1. The van der Waals surface area contributed by atoms with E-state index in [9.17, 15) is 4.79 Å². The smallest absolute Gasteiger partial charge is 0.125 e. The quantitative estimate of drug-likeness (QED) is 0.224. The Bertz CT molecular complexity index is 742. The molecule has 0 N–H and O–H groups in total. The first-order chi connectivity index (χ1) is 14.4. The van der Waals surface area contributed by atoms with E-state index in [-0.39, 0.29) is 5.41 Å². The summed E-state index contributed by atoms with van der Waals surface area (Å²) in [6, 6.07) is 0. The number of carbonyl (C=O) groups is 1. The number of hydrogen-bond acceptors (Lipinski definition) is 3. The molecule has 0 aliphatic carbocycles. The number of allylic oxidation sites excluding steroid dienone is 3. The van der Waals surface area contributed by atoms with Crippen molar-refractivity contribution in [1.29, 1.82) is 0 Å². The Balaban J connectivity index is 2.47. The van der Waals surface area contributed by atoms with Gasteiger partial charge in [-0.2, -0.15) is 0 Å². The first-order valence-corrected chi connectivity index (χ1v) is 13.0. The lowest BCUT2D eigenvalue weighted by Gasteiger charge is -2.37. The van der Waals surface area contributed by atoms with Gasteiger partial charge in [-0.05, 0) is 75.7 Å². The van der Waals surface area contributed by atoms with E-state index in [0.29, 0.717) is 29.6 Å². The molecule has 0 spiro atoms. The van der Waals surface area contributed by atoms with E-state index < -0.39 is 0 Å². The molecule has 0 aromatic carbocycles. The van der Waals surface area contributed by atoms with Crippen LogP contribution < -0.4 is 0 Å². The Morgan fingerprint density at radius 1 is 1.13 bits per heavy atom. The van der Waals surface area contributed by atoms with Crippen LogP contribution in [-0.4, -0.2) is 11.3 Å². The van der Waals surface area contributed by atoms with Crippen LogP contribution in [0, 0.1) is 41.9 Å². The van der Waals surface area contributed by atoms with Crippen molar-refractivity contribution in [3.8, 4) is 0 Å². The lowest BCUT2D eigenvalue weighted by Crippen LogP contribution is -2.33. The van der Waals surface area contributed by atoms with E-state index in [0.717, 1.165) is 23.4 Å². The van der Waals surface area contributed by atoms with Gasteiger partial charge in [-0.3, -0.25) is 0 Å². The highest BCUT2D eigenvalue weighted by molar-refractivity contribution is 7.09. The van der Waals surface area contributed by atoms with Crippen molar-refractivity contribution in [1.82, 2.24) is 4.98 Å². The molecule has 176 valence electrons. The average molecular weight is 446 g/mol. The molecule has 1 heterocycles. The lowest BCUT2D eigenvalue weighted by molar-refractivity contribution is -0.118. The molecule has 2 nitrogen and oxygen atoms in total. The summed E-state index contributed by atoms with van der Waals surface area (Å²) in [7, 11) is 0. The van der Waals surface area contributed by atoms with Gasteiger partial charge in [-0.1, -0.05) is 72.1 Å². The van der Waals surface area contributed by atoms with Crippen LogP contribution in [0.25, 0.3) is 6.08 Å². The third-order valence-electron chi connectivity index (χ3n) is 7.83. The lowest BCUT2D eigenvalue weighted by atomic mass is 9.67. The third kappa shape index (κ3) is 9.04. The van der Waals surface area contributed by atoms with Crippen LogP contribution in [0.1, 0.15) is 98.7 Å².